The van der Waals surface area contributed by atoms with E-state index in [9.17, 15) is 8.42 Å². The molecule has 1 heterocycles. The van der Waals surface area contributed by atoms with Crippen LogP contribution in [0.4, 0.5) is 0 Å². The van der Waals surface area contributed by atoms with Crippen LogP contribution in [0.3, 0.4) is 0 Å². The number of hydrogen-bond acceptors (Lipinski definition) is 4. The van der Waals surface area contributed by atoms with E-state index < -0.39 is 10.1 Å². The molecule has 1 aliphatic carbocycles. The second-order valence-electron chi connectivity index (χ2n) is 4.56. The average Bonchev–Trinajstić information content (AvgIpc) is 2.29. The summed E-state index contributed by atoms with van der Waals surface area (Å²) in [4.78, 5) is 4.11. The van der Waals surface area contributed by atoms with Gasteiger partial charge in [-0.15, -0.1) is 0 Å². The molecule has 1 fully saturated rings. The Morgan fingerprint density at radius 1 is 1.29 bits per heavy atom. The van der Waals surface area contributed by atoms with Gasteiger partial charge in [0.15, 0.2) is 0 Å². The lowest BCUT2D eigenvalue weighted by molar-refractivity contribution is 0.155. The number of rotatable bonds is 3. The quantitative estimate of drug-likeness (QED) is 0.776. The molecule has 1 aliphatic rings. The topological polar surface area (TPSA) is 56.3 Å². The molecule has 4 nitrogen and oxygen atoms in total. The molecule has 17 heavy (non-hydrogen) atoms. The third-order valence-corrected chi connectivity index (χ3v) is 3.76. The molecule has 0 aliphatic heterocycles. The van der Waals surface area contributed by atoms with Gasteiger partial charge >= 0.3 is 0 Å². The summed E-state index contributed by atoms with van der Waals surface area (Å²) < 4.78 is 27.1. The molecule has 0 N–H and O–H groups in total. The van der Waals surface area contributed by atoms with E-state index >= 15 is 0 Å². The predicted octanol–water partition coefficient (Wildman–Crippen LogP) is 2.08. The Balaban J connectivity index is 1.91. The molecule has 2 rings (SSSR count). The van der Waals surface area contributed by atoms with Crippen molar-refractivity contribution in [1.82, 2.24) is 4.98 Å². The number of pyridine rings is 1. The molecule has 5 heteroatoms. The first kappa shape index (κ1) is 12.5. The average molecular weight is 255 g/mol. The fourth-order valence-corrected chi connectivity index (χ4v) is 3.04. The van der Waals surface area contributed by atoms with Crippen LogP contribution in [0, 0.1) is 0 Å². The van der Waals surface area contributed by atoms with Crippen molar-refractivity contribution in [2.24, 2.45) is 0 Å². The first-order chi connectivity index (χ1) is 8.04. The lowest BCUT2D eigenvalue weighted by Crippen LogP contribution is -2.23. The van der Waals surface area contributed by atoms with E-state index in [0.717, 1.165) is 31.9 Å². The molecule has 0 spiro atoms. The molecule has 94 valence electrons. The lowest BCUT2D eigenvalue weighted by Gasteiger charge is -2.27. The molecule has 1 aromatic heterocycles. The Hall–Kier alpha value is -0.940. The molecular formula is C12H17NO3S. The Bertz CT molecular complexity index is 450. The summed E-state index contributed by atoms with van der Waals surface area (Å²) in [5, 5.41) is 0. The van der Waals surface area contributed by atoms with E-state index in [1.165, 1.54) is 5.56 Å². The highest BCUT2D eigenvalue weighted by Crippen LogP contribution is 2.33. The highest BCUT2D eigenvalue weighted by molar-refractivity contribution is 7.86. The molecule has 0 bridgehead atoms. The van der Waals surface area contributed by atoms with Crippen LogP contribution in [0.5, 0.6) is 0 Å². The zero-order valence-corrected chi connectivity index (χ0v) is 10.7. The fraction of sp³-hybridized carbons (Fsp3) is 0.583. The zero-order valence-electron chi connectivity index (χ0n) is 9.87. The van der Waals surface area contributed by atoms with Crippen molar-refractivity contribution >= 4 is 10.1 Å². The minimum atomic E-state index is -3.32. The monoisotopic (exact) mass is 255 g/mol. The Morgan fingerprint density at radius 3 is 2.53 bits per heavy atom. The summed E-state index contributed by atoms with van der Waals surface area (Å²) in [7, 11) is -3.32. The standard InChI is InChI=1S/C12H17NO3S/c1-17(14,15)16-12-6-4-10(5-7-12)11-3-2-8-13-9-11/h2-3,8-10,12H,4-7H2,1H3/t10-,12+. The fourth-order valence-electron chi connectivity index (χ4n) is 2.36. The lowest BCUT2D eigenvalue weighted by atomic mass is 9.83. The number of aromatic nitrogens is 1. The van der Waals surface area contributed by atoms with E-state index in [1.54, 1.807) is 6.20 Å². The maximum atomic E-state index is 11.0. The van der Waals surface area contributed by atoms with E-state index in [4.69, 9.17) is 4.18 Å². The second kappa shape index (κ2) is 5.14. The summed E-state index contributed by atoms with van der Waals surface area (Å²) in [6.45, 7) is 0. The van der Waals surface area contributed by atoms with Crippen molar-refractivity contribution in [3.63, 3.8) is 0 Å². The van der Waals surface area contributed by atoms with Crippen molar-refractivity contribution in [2.45, 2.75) is 37.7 Å². The maximum absolute atomic E-state index is 11.0. The van der Waals surface area contributed by atoms with E-state index in [2.05, 4.69) is 11.1 Å². The van der Waals surface area contributed by atoms with Gasteiger partial charge in [-0.1, -0.05) is 6.07 Å². The minimum Gasteiger partial charge on any atom is -0.267 e. The van der Waals surface area contributed by atoms with Crippen LogP contribution in [-0.4, -0.2) is 25.8 Å². The normalized spacial score (nSPS) is 25.7. The molecule has 0 unspecified atom stereocenters. The summed E-state index contributed by atoms with van der Waals surface area (Å²) in [5.41, 5.74) is 1.24. The van der Waals surface area contributed by atoms with Crippen molar-refractivity contribution < 1.29 is 12.6 Å². The third-order valence-electron chi connectivity index (χ3n) is 3.14. The van der Waals surface area contributed by atoms with Crippen molar-refractivity contribution in [1.29, 1.82) is 0 Å². The van der Waals surface area contributed by atoms with Gasteiger partial charge in [-0.3, -0.25) is 9.17 Å². The molecule has 0 saturated heterocycles. The van der Waals surface area contributed by atoms with Crippen LogP contribution in [-0.2, 0) is 14.3 Å². The van der Waals surface area contributed by atoms with Crippen LogP contribution >= 0.6 is 0 Å². The molecule has 1 aromatic rings. The highest BCUT2D eigenvalue weighted by Gasteiger charge is 2.25. The van der Waals surface area contributed by atoms with Gasteiger partial charge in [-0.05, 0) is 43.2 Å². The van der Waals surface area contributed by atoms with E-state index in [0.29, 0.717) is 5.92 Å². The first-order valence-electron chi connectivity index (χ1n) is 5.83. The van der Waals surface area contributed by atoms with Gasteiger partial charge < -0.3 is 0 Å². The summed E-state index contributed by atoms with van der Waals surface area (Å²) in [5.74, 6) is 0.489. The van der Waals surface area contributed by atoms with Gasteiger partial charge in [0, 0.05) is 12.4 Å². The summed E-state index contributed by atoms with van der Waals surface area (Å²) in [6, 6.07) is 4.02. The number of hydrogen-bond donors (Lipinski definition) is 0. The van der Waals surface area contributed by atoms with Crippen molar-refractivity contribution in [3.05, 3.63) is 30.1 Å². The van der Waals surface area contributed by atoms with Crippen LogP contribution in [0.1, 0.15) is 37.2 Å². The molecule has 0 atom stereocenters. The third kappa shape index (κ3) is 3.78. The largest absolute Gasteiger partial charge is 0.267 e. The van der Waals surface area contributed by atoms with Crippen LogP contribution in [0.15, 0.2) is 24.5 Å². The van der Waals surface area contributed by atoms with Crippen molar-refractivity contribution in [2.75, 3.05) is 6.26 Å². The SMILES string of the molecule is CS(=O)(=O)O[C@H]1CC[C@@H](c2cccnc2)CC1. The second-order valence-corrected chi connectivity index (χ2v) is 6.16. The molecule has 0 amide bonds. The minimum absolute atomic E-state index is 0.141. The molecule has 1 saturated carbocycles. The first-order valence-corrected chi connectivity index (χ1v) is 7.64. The summed E-state index contributed by atoms with van der Waals surface area (Å²) >= 11 is 0. The molecular weight excluding hydrogens is 238 g/mol. The molecule has 0 radical (unpaired) electrons. The van der Waals surface area contributed by atoms with Gasteiger partial charge in [0.1, 0.15) is 0 Å². The molecule has 0 aromatic carbocycles. The Kier molecular flexibility index (Phi) is 3.79. The highest BCUT2D eigenvalue weighted by atomic mass is 32.2. The predicted molar refractivity (Wildman–Crippen MR) is 65.2 cm³/mol. The smallest absolute Gasteiger partial charge is 0.264 e. The van der Waals surface area contributed by atoms with Gasteiger partial charge in [0.05, 0.1) is 12.4 Å². The van der Waals surface area contributed by atoms with Gasteiger partial charge in [0.2, 0.25) is 0 Å². The van der Waals surface area contributed by atoms with Gasteiger partial charge in [-0.25, -0.2) is 0 Å². The van der Waals surface area contributed by atoms with E-state index in [-0.39, 0.29) is 6.10 Å². The van der Waals surface area contributed by atoms with Crippen LogP contribution in [0.2, 0.25) is 0 Å². The van der Waals surface area contributed by atoms with Crippen LogP contribution in [0.25, 0.3) is 0 Å². The Labute approximate surface area is 102 Å². The van der Waals surface area contributed by atoms with Crippen LogP contribution < -0.4 is 0 Å². The van der Waals surface area contributed by atoms with Gasteiger partial charge in [0.25, 0.3) is 10.1 Å². The maximum Gasteiger partial charge on any atom is 0.264 e. The van der Waals surface area contributed by atoms with E-state index in [1.807, 2.05) is 12.3 Å². The van der Waals surface area contributed by atoms with Crippen molar-refractivity contribution in [3.8, 4) is 0 Å². The zero-order chi connectivity index (χ0) is 12.3. The Morgan fingerprint density at radius 2 is 2.00 bits per heavy atom. The van der Waals surface area contributed by atoms with Gasteiger partial charge in [-0.2, -0.15) is 8.42 Å². The number of nitrogens with zero attached hydrogens (tertiary/aromatic N) is 1. The summed E-state index contributed by atoms with van der Waals surface area (Å²) in [6.07, 6.45) is 8.15.